The summed E-state index contributed by atoms with van der Waals surface area (Å²) in [6.07, 6.45) is 1.45. The van der Waals surface area contributed by atoms with Crippen LogP contribution in [0.3, 0.4) is 0 Å². The van der Waals surface area contributed by atoms with Gasteiger partial charge < -0.3 is 20.9 Å². The molecule has 0 rings (SSSR count). The molecule has 0 heterocycles. The van der Waals surface area contributed by atoms with E-state index in [1.165, 1.54) is 7.11 Å². The Morgan fingerprint density at radius 1 is 1.60 bits per heavy atom. The molecule has 0 aliphatic rings. The van der Waals surface area contributed by atoms with Gasteiger partial charge in [0.1, 0.15) is 0 Å². The third kappa shape index (κ3) is 6.43. The second-order valence-corrected chi connectivity index (χ2v) is 3.48. The fraction of sp³-hybridized carbons (Fsp3) is 0.900. The van der Waals surface area contributed by atoms with Crippen molar-refractivity contribution in [2.24, 2.45) is 5.73 Å². The molecule has 0 radical (unpaired) electrons. The molecule has 4 N–H and O–H groups in total. The average molecular weight is 218 g/mol. The quantitative estimate of drug-likeness (QED) is 0.519. The van der Waals surface area contributed by atoms with E-state index in [4.69, 9.17) is 15.6 Å². The van der Waals surface area contributed by atoms with Crippen LogP contribution in [-0.4, -0.2) is 43.4 Å². The largest absolute Gasteiger partial charge is 0.396 e. The molecule has 0 aliphatic heterocycles. The van der Waals surface area contributed by atoms with Crippen LogP contribution in [0, 0.1) is 0 Å². The van der Waals surface area contributed by atoms with Gasteiger partial charge in [0, 0.05) is 26.3 Å². The Labute approximate surface area is 91.0 Å². The number of hydrogen-bond acceptors (Lipinski definition) is 4. The van der Waals surface area contributed by atoms with E-state index in [1.807, 2.05) is 6.92 Å². The van der Waals surface area contributed by atoms with E-state index in [0.717, 1.165) is 6.42 Å². The van der Waals surface area contributed by atoms with Crippen molar-refractivity contribution in [1.29, 1.82) is 0 Å². The molecular weight excluding hydrogens is 196 g/mol. The number of amides is 1. The topological polar surface area (TPSA) is 84.6 Å². The summed E-state index contributed by atoms with van der Waals surface area (Å²) < 4.78 is 5.01. The van der Waals surface area contributed by atoms with Crippen LogP contribution >= 0.6 is 0 Å². The minimum absolute atomic E-state index is 0.0396. The highest BCUT2D eigenvalue weighted by atomic mass is 16.5. The Hall–Kier alpha value is -0.650. The molecule has 5 nitrogen and oxygen atoms in total. The second-order valence-electron chi connectivity index (χ2n) is 3.48. The van der Waals surface area contributed by atoms with Crippen LogP contribution < -0.4 is 11.1 Å². The Balaban J connectivity index is 3.88. The first-order chi connectivity index (χ1) is 7.17. The lowest BCUT2D eigenvalue weighted by molar-refractivity contribution is -0.124. The zero-order chi connectivity index (χ0) is 11.7. The first kappa shape index (κ1) is 14.3. The number of rotatable bonds is 8. The molecule has 2 unspecified atom stereocenters. The van der Waals surface area contributed by atoms with Crippen LogP contribution in [0.4, 0.5) is 0 Å². The SMILES string of the molecule is CCC(CCO)NC(=O)CC(CN)OC. The van der Waals surface area contributed by atoms with Gasteiger partial charge >= 0.3 is 0 Å². The van der Waals surface area contributed by atoms with Crippen molar-refractivity contribution in [1.82, 2.24) is 5.32 Å². The molecule has 5 heteroatoms. The van der Waals surface area contributed by atoms with Gasteiger partial charge in [-0.25, -0.2) is 0 Å². The number of carbonyl (C=O) groups excluding carboxylic acids is 1. The maximum Gasteiger partial charge on any atom is 0.222 e. The Morgan fingerprint density at radius 3 is 2.67 bits per heavy atom. The molecule has 0 fully saturated rings. The normalized spacial score (nSPS) is 14.7. The lowest BCUT2D eigenvalue weighted by atomic mass is 10.1. The van der Waals surface area contributed by atoms with E-state index in [-0.39, 0.29) is 31.1 Å². The molecule has 0 aliphatic carbocycles. The van der Waals surface area contributed by atoms with Gasteiger partial charge in [-0.05, 0) is 12.8 Å². The number of carbonyl (C=O) groups is 1. The van der Waals surface area contributed by atoms with Gasteiger partial charge in [-0.1, -0.05) is 6.92 Å². The number of aliphatic hydroxyl groups is 1. The highest BCUT2D eigenvalue weighted by Gasteiger charge is 2.14. The van der Waals surface area contributed by atoms with Crippen molar-refractivity contribution < 1.29 is 14.6 Å². The van der Waals surface area contributed by atoms with E-state index in [0.29, 0.717) is 13.0 Å². The number of methoxy groups -OCH3 is 1. The third-order valence-electron chi connectivity index (χ3n) is 2.34. The molecule has 0 aromatic carbocycles. The molecule has 15 heavy (non-hydrogen) atoms. The van der Waals surface area contributed by atoms with E-state index in [2.05, 4.69) is 5.32 Å². The molecule has 0 aromatic rings. The summed E-state index contributed by atoms with van der Waals surface area (Å²) in [4.78, 5) is 11.5. The molecule has 90 valence electrons. The maximum atomic E-state index is 11.5. The predicted molar refractivity (Wildman–Crippen MR) is 58.4 cm³/mol. The molecule has 0 spiro atoms. The van der Waals surface area contributed by atoms with Crippen LogP contribution in [-0.2, 0) is 9.53 Å². The van der Waals surface area contributed by atoms with Crippen LogP contribution in [0.25, 0.3) is 0 Å². The zero-order valence-electron chi connectivity index (χ0n) is 9.53. The highest BCUT2D eigenvalue weighted by Crippen LogP contribution is 2.00. The summed E-state index contributed by atoms with van der Waals surface area (Å²) in [6.45, 7) is 2.39. The minimum atomic E-state index is -0.225. The zero-order valence-corrected chi connectivity index (χ0v) is 9.53. The molecule has 0 saturated heterocycles. The number of nitrogens with two attached hydrogens (primary N) is 1. The number of aliphatic hydroxyl groups excluding tert-OH is 1. The van der Waals surface area contributed by atoms with Crippen molar-refractivity contribution in [2.75, 3.05) is 20.3 Å². The summed E-state index contributed by atoms with van der Waals surface area (Å²) in [5, 5.41) is 11.6. The van der Waals surface area contributed by atoms with E-state index < -0.39 is 0 Å². The molecular formula is C10H22N2O3. The second kappa shape index (κ2) is 8.64. The molecule has 0 bridgehead atoms. The standard InChI is InChI=1S/C10H22N2O3/c1-3-8(4-5-13)12-10(14)6-9(7-11)15-2/h8-9,13H,3-7,11H2,1-2H3,(H,12,14). The van der Waals surface area contributed by atoms with Crippen molar-refractivity contribution in [3.63, 3.8) is 0 Å². The third-order valence-corrected chi connectivity index (χ3v) is 2.34. The smallest absolute Gasteiger partial charge is 0.222 e. The summed E-state index contributed by atoms with van der Waals surface area (Å²) >= 11 is 0. The van der Waals surface area contributed by atoms with Crippen LogP contribution in [0.5, 0.6) is 0 Å². The van der Waals surface area contributed by atoms with Crippen molar-refractivity contribution >= 4 is 5.91 Å². The van der Waals surface area contributed by atoms with Gasteiger partial charge in [0.05, 0.1) is 12.5 Å². The van der Waals surface area contributed by atoms with Crippen molar-refractivity contribution in [3.05, 3.63) is 0 Å². The highest BCUT2D eigenvalue weighted by molar-refractivity contribution is 5.76. The van der Waals surface area contributed by atoms with Gasteiger partial charge in [0.25, 0.3) is 0 Å². The summed E-state index contributed by atoms with van der Waals surface area (Å²) in [7, 11) is 1.54. The molecule has 0 saturated carbocycles. The first-order valence-corrected chi connectivity index (χ1v) is 5.30. The minimum Gasteiger partial charge on any atom is -0.396 e. The van der Waals surface area contributed by atoms with Gasteiger partial charge in [-0.15, -0.1) is 0 Å². The van der Waals surface area contributed by atoms with Gasteiger partial charge in [0.15, 0.2) is 0 Å². The predicted octanol–water partition coefficient (Wildman–Crippen LogP) is -0.373. The maximum absolute atomic E-state index is 11.5. The van der Waals surface area contributed by atoms with Gasteiger partial charge in [0.2, 0.25) is 5.91 Å². The molecule has 2 atom stereocenters. The monoisotopic (exact) mass is 218 g/mol. The lowest BCUT2D eigenvalue weighted by Gasteiger charge is -2.18. The van der Waals surface area contributed by atoms with E-state index >= 15 is 0 Å². The number of nitrogens with one attached hydrogen (secondary N) is 1. The fourth-order valence-electron chi connectivity index (χ4n) is 1.29. The Bertz CT molecular complexity index is 172. The summed E-state index contributed by atoms with van der Waals surface area (Å²) in [6, 6.07) is 0.0396. The van der Waals surface area contributed by atoms with E-state index in [1.54, 1.807) is 0 Å². The van der Waals surface area contributed by atoms with Gasteiger partial charge in [-0.2, -0.15) is 0 Å². The molecule has 0 aromatic heterocycles. The van der Waals surface area contributed by atoms with Crippen molar-refractivity contribution in [3.8, 4) is 0 Å². The van der Waals surface area contributed by atoms with Crippen molar-refractivity contribution in [2.45, 2.75) is 38.3 Å². The Kier molecular flexibility index (Phi) is 8.27. The van der Waals surface area contributed by atoms with Crippen LogP contribution in [0.2, 0.25) is 0 Å². The first-order valence-electron chi connectivity index (χ1n) is 5.30. The summed E-state index contributed by atoms with van der Waals surface area (Å²) in [5.74, 6) is -0.0763. The lowest BCUT2D eigenvalue weighted by Crippen LogP contribution is -2.38. The molecule has 1 amide bonds. The number of hydrogen-bond donors (Lipinski definition) is 3. The Morgan fingerprint density at radius 2 is 2.27 bits per heavy atom. The fourth-order valence-corrected chi connectivity index (χ4v) is 1.29. The summed E-state index contributed by atoms with van der Waals surface area (Å²) in [5.41, 5.74) is 5.41. The van der Waals surface area contributed by atoms with Gasteiger partial charge in [-0.3, -0.25) is 4.79 Å². The van der Waals surface area contributed by atoms with E-state index in [9.17, 15) is 4.79 Å². The number of ether oxygens (including phenoxy) is 1. The van der Waals surface area contributed by atoms with Crippen LogP contribution in [0.15, 0.2) is 0 Å². The van der Waals surface area contributed by atoms with Crippen LogP contribution in [0.1, 0.15) is 26.2 Å². The average Bonchev–Trinajstić information content (AvgIpc) is 2.25.